The summed E-state index contributed by atoms with van der Waals surface area (Å²) in [6.45, 7) is 3.59. The van der Waals surface area contributed by atoms with Crippen molar-refractivity contribution in [1.29, 1.82) is 0 Å². The summed E-state index contributed by atoms with van der Waals surface area (Å²) in [5, 5.41) is 2.99. The van der Waals surface area contributed by atoms with E-state index in [0.717, 1.165) is 43.2 Å². The fraction of sp³-hybridized carbons (Fsp3) is 0.292. The SMILES string of the molecule is O=C(Cc1ccc(F)cc1)NCC(c1ccco1)N1CCN(c2ccc(F)cc2)CC1. The summed E-state index contributed by atoms with van der Waals surface area (Å²) in [5.74, 6) is 0.129. The van der Waals surface area contributed by atoms with Gasteiger partial charge < -0.3 is 14.6 Å². The van der Waals surface area contributed by atoms with Crippen LogP contribution in [0.1, 0.15) is 17.4 Å². The van der Waals surface area contributed by atoms with Gasteiger partial charge in [-0.2, -0.15) is 0 Å². The number of carbonyl (C=O) groups excluding carboxylic acids is 1. The Balaban J connectivity index is 1.35. The Morgan fingerprint density at radius 3 is 2.19 bits per heavy atom. The van der Waals surface area contributed by atoms with E-state index in [9.17, 15) is 13.6 Å². The summed E-state index contributed by atoms with van der Waals surface area (Å²) in [7, 11) is 0. The van der Waals surface area contributed by atoms with Crippen molar-refractivity contribution in [3.05, 3.63) is 89.9 Å². The first-order valence-corrected chi connectivity index (χ1v) is 10.4. The zero-order chi connectivity index (χ0) is 21.6. The van der Waals surface area contributed by atoms with E-state index in [2.05, 4.69) is 15.1 Å². The van der Waals surface area contributed by atoms with Gasteiger partial charge in [0.05, 0.1) is 18.7 Å². The lowest BCUT2D eigenvalue weighted by Crippen LogP contribution is -2.50. The molecule has 7 heteroatoms. The van der Waals surface area contributed by atoms with E-state index in [4.69, 9.17) is 4.42 Å². The molecule has 2 heterocycles. The molecule has 3 aromatic rings. The molecule has 31 heavy (non-hydrogen) atoms. The minimum Gasteiger partial charge on any atom is -0.468 e. The molecule has 2 aromatic carbocycles. The van der Waals surface area contributed by atoms with Crippen LogP contribution in [-0.2, 0) is 11.2 Å². The molecular formula is C24H25F2N3O2. The Morgan fingerprint density at radius 2 is 1.58 bits per heavy atom. The number of rotatable bonds is 7. The number of halogens is 2. The molecule has 4 rings (SSSR count). The van der Waals surface area contributed by atoms with Gasteiger partial charge >= 0.3 is 0 Å². The molecule has 0 spiro atoms. The molecule has 1 saturated heterocycles. The van der Waals surface area contributed by atoms with Gasteiger partial charge in [0.15, 0.2) is 0 Å². The first-order chi connectivity index (χ1) is 15.1. The van der Waals surface area contributed by atoms with Crippen LogP contribution in [0.4, 0.5) is 14.5 Å². The number of piperazine rings is 1. The highest BCUT2D eigenvalue weighted by molar-refractivity contribution is 5.78. The highest BCUT2D eigenvalue weighted by Gasteiger charge is 2.27. The summed E-state index contributed by atoms with van der Waals surface area (Å²) < 4.78 is 31.9. The number of furan rings is 1. The van der Waals surface area contributed by atoms with Gasteiger partial charge in [-0.3, -0.25) is 9.69 Å². The lowest BCUT2D eigenvalue weighted by Gasteiger charge is -2.39. The highest BCUT2D eigenvalue weighted by Crippen LogP contribution is 2.24. The third-order valence-electron chi connectivity index (χ3n) is 5.59. The van der Waals surface area contributed by atoms with Crippen LogP contribution in [0.25, 0.3) is 0 Å². The van der Waals surface area contributed by atoms with Gasteiger partial charge in [-0.25, -0.2) is 8.78 Å². The molecule has 1 amide bonds. The third-order valence-corrected chi connectivity index (χ3v) is 5.59. The Kier molecular flexibility index (Phi) is 6.62. The summed E-state index contributed by atoms with van der Waals surface area (Å²) in [4.78, 5) is 16.9. The molecular weight excluding hydrogens is 400 g/mol. The number of hydrogen-bond acceptors (Lipinski definition) is 4. The summed E-state index contributed by atoms with van der Waals surface area (Å²) in [5.41, 5.74) is 1.77. The van der Waals surface area contributed by atoms with Crippen LogP contribution in [-0.4, -0.2) is 43.5 Å². The quantitative estimate of drug-likeness (QED) is 0.626. The number of benzene rings is 2. The molecule has 0 radical (unpaired) electrons. The second kappa shape index (κ2) is 9.75. The van der Waals surface area contributed by atoms with Gasteiger partial charge in [0.2, 0.25) is 5.91 Å². The summed E-state index contributed by atoms with van der Waals surface area (Å²) >= 11 is 0. The van der Waals surface area contributed by atoms with Crippen molar-refractivity contribution < 1.29 is 18.0 Å². The van der Waals surface area contributed by atoms with Gasteiger partial charge in [0.1, 0.15) is 17.4 Å². The number of nitrogens with zero attached hydrogens (tertiary/aromatic N) is 2. The normalized spacial score (nSPS) is 15.6. The van der Waals surface area contributed by atoms with Crippen LogP contribution in [0.3, 0.4) is 0 Å². The van der Waals surface area contributed by atoms with Crippen LogP contribution >= 0.6 is 0 Å². The van der Waals surface area contributed by atoms with Gasteiger partial charge in [-0.05, 0) is 54.1 Å². The van der Waals surface area contributed by atoms with E-state index >= 15 is 0 Å². The maximum atomic E-state index is 13.2. The van der Waals surface area contributed by atoms with E-state index in [1.807, 2.05) is 12.1 Å². The van der Waals surface area contributed by atoms with Crippen LogP contribution in [0.2, 0.25) is 0 Å². The Bertz CT molecular complexity index is 967. The predicted octanol–water partition coefficient (Wildman–Crippen LogP) is 3.78. The number of amides is 1. The molecule has 1 unspecified atom stereocenters. The van der Waals surface area contributed by atoms with Crippen molar-refractivity contribution in [3.8, 4) is 0 Å². The molecule has 0 saturated carbocycles. The Hall–Kier alpha value is -3.19. The van der Waals surface area contributed by atoms with E-state index in [0.29, 0.717) is 6.54 Å². The second-order valence-corrected chi connectivity index (χ2v) is 7.64. The minimum absolute atomic E-state index is 0.0810. The average Bonchev–Trinajstić information content (AvgIpc) is 3.31. The molecule has 1 atom stereocenters. The van der Waals surface area contributed by atoms with Crippen molar-refractivity contribution in [2.45, 2.75) is 12.5 Å². The fourth-order valence-corrected chi connectivity index (χ4v) is 3.89. The molecule has 0 aliphatic carbocycles. The van der Waals surface area contributed by atoms with Crippen LogP contribution in [0, 0.1) is 11.6 Å². The molecule has 1 fully saturated rings. The lowest BCUT2D eigenvalue weighted by atomic mass is 10.1. The molecule has 1 aromatic heterocycles. The van der Waals surface area contributed by atoms with E-state index < -0.39 is 0 Å². The third kappa shape index (κ3) is 5.49. The zero-order valence-electron chi connectivity index (χ0n) is 17.1. The number of anilines is 1. The average molecular weight is 425 g/mol. The largest absolute Gasteiger partial charge is 0.468 e. The van der Waals surface area contributed by atoms with Crippen molar-refractivity contribution in [1.82, 2.24) is 10.2 Å². The standard InChI is InChI=1S/C24H25F2N3O2/c25-19-5-3-18(4-6-19)16-24(30)27-17-22(23-2-1-15-31-23)29-13-11-28(12-14-29)21-9-7-20(26)8-10-21/h1-10,15,22H,11-14,16-17H2,(H,27,30). The van der Waals surface area contributed by atoms with Gasteiger partial charge in [-0.1, -0.05) is 12.1 Å². The fourth-order valence-electron chi connectivity index (χ4n) is 3.89. The molecule has 1 aliphatic heterocycles. The number of nitrogens with one attached hydrogen (secondary N) is 1. The van der Waals surface area contributed by atoms with Crippen molar-refractivity contribution in [2.75, 3.05) is 37.6 Å². The first kappa shape index (κ1) is 21.1. The highest BCUT2D eigenvalue weighted by atomic mass is 19.1. The zero-order valence-corrected chi connectivity index (χ0v) is 17.1. The first-order valence-electron chi connectivity index (χ1n) is 10.4. The maximum Gasteiger partial charge on any atom is 0.224 e. The molecule has 5 nitrogen and oxygen atoms in total. The van der Waals surface area contributed by atoms with Crippen molar-refractivity contribution in [2.24, 2.45) is 0 Å². The van der Waals surface area contributed by atoms with Crippen molar-refractivity contribution in [3.63, 3.8) is 0 Å². The van der Waals surface area contributed by atoms with Crippen LogP contribution in [0.5, 0.6) is 0 Å². The summed E-state index contributed by atoms with van der Waals surface area (Å²) in [6, 6.07) is 16.2. The Labute approximate surface area is 180 Å². The van der Waals surface area contributed by atoms with Gasteiger partial charge in [-0.15, -0.1) is 0 Å². The van der Waals surface area contributed by atoms with E-state index in [1.165, 1.54) is 24.3 Å². The predicted molar refractivity (Wildman–Crippen MR) is 115 cm³/mol. The van der Waals surface area contributed by atoms with Crippen molar-refractivity contribution >= 4 is 11.6 Å². The number of hydrogen-bond donors (Lipinski definition) is 1. The smallest absolute Gasteiger partial charge is 0.224 e. The summed E-state index contributed by atoms with van der Waals surface area (Å²) in [6.07, 6.45) is 1.83. The molecule has 162 valence electrons. The van der Waals surface area contributed by atoms with Gasteiger partial charge in [0, 0.05) is 38.4 Å². The minimum atomic E-state index is -0.318. The van der Waals surface area contributed by atoms with E-state index in [-0.39, 0.29) is 30.0 Å². The Morgan fingerprint density at radius 1 is 0.935 bits per heavy atom. The topological polar surface area (TPSA) is 48.7 Å². The van der Waals surface area contributed by atoms with Crippen LogP contribution < -0.4 is 10.2 Å². The molecule has 0 bridgehead atoms. The van der Waals surface area contributed by atoms with Crippen LogP contribution in [0.15, 0.2) is 71.3 Å². The number of carbonyl (C=O) groups is 1. The molecule has 1 aliphatic rings. The second-order valence-electron chi connectivity index (χ2n) is 7.64. The molecule has 1 N–H and O–H groups in total. The van der Waals surface area contributed by atoms with E-state index in [1.54, 1.807) is 30.5 Å². The van der Waals surface area contributed by atoms with Gasteiger partial charge in [0.25, 0.3) is 0 Å². The lowest BCUT2D eigenvalue weighted by molar-refractivity contribution is -0.120. The monoisotopic (exact) mass is 425 g/mol. The maximum absolute atomic E-state index is 13.2.